The van der Waals surface area contributed by atoms with Gasteiger partial charge in [0.25, 0.3) is 0 Å². The number of anilines is 1. The Labute approximate surface area is 119 Å². The molecule has 0 radical (unpaired) electrons. The van der Waals surface area contributed by atoms with Crippen molar-refractivity contribution in [3.63, 3.8) is 0 Å². The van der Waals surface area contributed by atoms with E-state index in [2.05, 4.69) is 15.3 Å². The molecule has 0 amide bonds. The van der Waals surface area contributed by atoms with Crippen molar-refractivity contribution in [2.24, 2.45) is 5.41 Å². The lowest BCUT2D eigenvalue weighted by Gasteiger charge is -2.37. The quantitative estimate of drug-likeness (QED) is 0.783. The highest BCUT2D eigenvalue weighted by molar-refractivity contribution is 5.77. The second kappa shape index (κ2) is 5.83. The molecule has 0 spiro atoms. The van der Waals surface area contributed by atoms with E-state index < -0.39 is 0 Å². The third-order valence-electron chi connectivity index (χ3n) is 4.58. The summed E-state index contributed by atoms with van der Waals surface area (Å²) in [5, 5.41) is 12.8. The molecule has 1 aliphatic rings. The lowest BCUT2D eigenvalue weighted by Crippen LogP contribution is -2.33. The third kappa shape index (κ3) is 2.80. The van der Waals surface area contributed by atoms with E-state index in [0.717, 1.165) is 29.9 Å². The molecule has 4 heteroatoms. The zero-order valence-corrected chi connectivity index (χ0v) is 11.9. The molecule has 0 aliphatic heterocycles. The van der Waals surface area contributed by atoms with Crippen LogP contribution in [0.4, 0.5) is 5.95 Å². The lowest BCUT2D eigenvalue weighted by molar-refractivity contribution is 0.141. The second-order valence-electron chi connectivity index (χ2n) is 5.99. The molecular formula is C16H23N3O. The first-order valence-corrected chi connectivity index (χ1v) is 7.61. The number of nitrogens with one attached hydrogen (secondary N) is 2. The Morgan fingerprint density at radius 2 is 2.00 bits per heavy atom. The highest BCUT2D eigenvalue weighted by Gasteiger charge is 2.31. The minimum atomic E-state index is 0.242. The summed E-state index contributed by atoms with van der Waals surface area (Å²) in [7, 11) is 0. The summed E-state index contributed by atoms with van der Waals surface area (Å²) < 4.78 is 0. The largest absolute Gasteiger partial charge is 0.396 e. The normalized spacial score (nSPS) is 18.2. The molecule has 0 unspecified atom stereocenters. The molecule has 3 N–H and O–H groups in total. The van der Waals surface area contributed by atoms with E-state index in [0.29, 0.717) is 0 Å². The first-order valence-electron chi connectivity index (χ1n) is 7.61. The summed E-state index contributed by atoms with van der Waals surface area (Å²) in [5.74, 6) is 0.842. The number of aromatic nitrogens is 2. The van der Waals surface area contributed by atoms with E-state index in [-0.39, 0.29) is 12.0 Å². The van der Waals surface area contributed by atoms with Crippen molar-refractivity contribution in [2.75, 3.05) is 18.5 Å². The van der Waals surface area contributed by atoms with Crippen molar-refractivity contribution in [2.45, 2.75) is 38.5 Å². The Balaban J connectivity index is 1.70. The van der Waals surface area contributed by atoms with Crippen LogP contribution in [0.1, 0.15) is 38.5 Å². The van der Waals surface area contributed by atoms with Gasteiger partial charge in [-0.05, 0) is 36.8 Å². The molecule has 1 aliphatic carbocycles. The van der Waals surface area contributed by atoms with Gasteiger partial charge >= 0.3 is 0 Å². The fourth-order valence-electron chi connectivity index (χ4n) is 3.36. The van der Waals surface area contributed by atoms with Gasteiger partial charge in [-0.1, -0.05) is 31.4 Å². The van der Waals surface area contributed by atoms with Crippen LogP contribution in [0.15, 0.2) is 24.3 Å². The van der Waals surface area contributed by atoms with Crippen molar-refractivity contribution >= 4 is 17.0 Å². The van der Waals surface area contributed by atoms with Gasteiger partial charge in [0.2, 0.25) is 5.95 Å². The zero-order chi connectivity index (χ0) is 13.8. The van der Waals surface area contributed by atoms with E-state index in [9.17, 15) is 5.11 Å². The molecule has 4 nitrogen and oxygen atoms in total. The molecule has 1 fully saturated rings. The van der Waals surface area contributed by atoms with Crippen LogP contribution in [0.2, 0.25) is 0 Å². The van der Waals surface area contributed by atoms with Crippen molar-refractivity contribution in [1.29, 1.82) is 0 Å². The lowest BCUT2D eigenvalue weighted by atomic mass is 9.72. The van der Waals surface area contributed by atoms with Crippen molar-refractivity contribution in [3.05, 3.63) is 24.3 Å². The number of hydrogen-bond donors (Lipinski definition) is 3. The van der Waals surface area contributed by atoms with Gasteiger partial charge in [0.15, 0.2) is 0 Å². The van der Waals surface area contributed by atoms with Gasteiger partial charge in [-0.15, -0.1) is 0 Å². The number of hydrogen-bond acceptors (Lipinski definition) is 3. The van der Waals surface area contributed by atoms with E-state index in [1.54, 1.807) is 0 Å². The molecule has 0 saturated heterocycles. The van der Waals surface area contributed by atoms with Crippen LogP contribution in [0.3, 0.4) is 0 Å². The maximum atomic E-state index is 9.34. The number of aliphatic hydroxyl groups excluding tert-OH is 1. The molecule has 2 aromatic rings. The van der Waals surface area contributed by atoms with Crippen LogP contribution in [-0.2, 0) is 0 Å². The average Bonchev–Trinajstić information content (AvgIpc) is 2.89. The van der Waals surface area contributed by atoms with Crippen LogP contribution in [0.25, 0.3) is 11.0 Å². The number of fused-ring (bicyclic) bond motifs is 1. The molecule has 20 heavy (non-hydrogen) atoms. The standard InChI is InChI=1S/C16H23N3O/c20-11-10-16(8-4-1-5-9-16)12-17-15-18-13-6-2-3-7-14(13)19-15/h2-3,6-7,20H,1,4-5,8-12H2,(H2,17,18,19). The van der Waals surface area contributed by atoms with Crippen LogP contribution in [0, 0.1) is 5.41 Å². The Kier molecular flexibility index (Phi) is 3.92. The molecule has 1 saturated carbocycles. The number of aliphatic hydroxyl groups is 1. The molecule has 1 aromatic heterocycles. The van der Waals surface area contributed by atoms with Gasteiger partial charge in [0.05, 0.1) is 11.0 Å². The summed E-state index contributed by atoms with van der Waals surface area (Å²) in [4.78, 5) is 7.87. The van der Waals surface area contributed by atoms with Crippen LogP contribution < -0.4 is 5.32 Å². The minimum absolute atomic E-state index is 0.242. The highest BCUT2D eigenvalue weighted by Crippen LogP contribution is 2.39. The predicted molar refractivity (Wildman–Crippen MR) is 81.8 cm³/mol. The smallest absolute Gasteiger partial charge is 0.201 e. The Morgan fingerprint density at radius 3 is 2.75 bits per heavy atom. The van der Waals surface area contributed by atoms with Crippen LogP contribution in [-0.4, -0.2) is 28.2 Å². The summed E-state index contributed by atoms with van der Waals surface area (Å²) in [6.07, 6.45) is 7.20. The molecular weight excluding hydrogens is 250 g/mol. The number of rotatable bonds is 5. The molecule has 1 heterocycles. The summed E-state index contributed by atoms with van der Waals surface area (Å²) in [6, 6.07) is 8.07. The van der Waals surface area contributed by atoms with Gasteiger partial charge in [-0.3, -0.25) is 0 Å². The number of aromatic amines is 1. The topological polar surface area (TPSA) is 60.9 Å². The SMILES string of the molecule is OCCC1(CNc2nc3ccccc3[nH]2)CCCCC1. The highest BCUT2D eigenvalue weighted by atomic mass is 16.3. The summed E-state index contributed by atoms with van der Waals surface area (Å²) in [6.45, 7) is 1.18. The van der Waals surface area contributed by atoms with Gasteiger partial charge < -0.3 is 15.4 Å². The van der Waals surface area contributed by atoms with E-state index in [1.807, 2.05) is 24.3 Å². The van der Waals surface area contributed by atoms with E-state index in [1.165, 1.54) is 32.1 Å². The monoisotopic (exact) mass is 273 g/mol. The van der Waals surface area contributed by atoms with Crippen molar-refractivity contribution in [3.8, 4) is 0 Å². The summed E-state index contributed by atoms with van der Waals surface area (Å²) in [5.41, 5.74) is 2.30. The number of para-hydroxylation sites is 2. The number of benzene rings is 1. The fraction of sp³-hybridized carbons (Fsp3) is 0.562. The van der Waals surface area contributed by atoms with Crippen LogP contribution >= 0.6 is 0 Å². The average molecular weight is 273 g/mol. The maximum Gasteiger partial charge on any atom is 0.201 e. The summed E-state index contributed by atoms with van der Waals surface area (Å²) >= 11 is 0. The maximum absolute atomic E-state index is 9.34. The second-order valence-corrected chi connectivity index (χ2v) is 5.99. The van der Waals surface area contributed by atoms with Crippen LogP contribution in [0.5, 0.6) is 0 Å². The fourth-order valence-corrected chi connectivity index (χ4v) is 3.36. The first-order chi connectivity index (χ1) is 9.81. The van der Waals surface area contributed by atoms with Gasteiger partial charge in [-0.25, -0.2) is 4.98 Å². The Morgan fingerprint density at radius 1 is 1.20 bits per heavy atom. The van der Waals surface area contributed by atoms with Crippen molar-refractivity contribution < 1.29 is 5.11 Å². The molecule has 0 bridgehead atoms. The van der Waals surface area contributed by atoms with Gasteiger partial charge in [0, 0.05) is 13.2 Å². The third-order valence-corrected chi connectivity index (χ3v) is 4.58. The molecule has 1 aromatic carbocycles. The van der Waals surface area contributed by atoms with E-state index in [4.69, 9.17) is 0 Å². The Bertz CT molecular complexity index is 519. The van der Waals surface area contributed by atoms with Gasteiger partial charge in [0.1, 0.15) is 0 Å². The Hall–Kier alpha value is -1.55. The van der Waals surface area contributed by atoms with Crippen molar-refractivity contribution in [1.82, 2.24) is 9.97 Å². The minimum Gasteiger partial charge on any atom is -0.396 e. The van der Waals surface area contributed by atoms with Gasteiger partial charge in [-0.2, -0.15) is 0 Å². The first kappa shape index (κ1) is 13.4. The number of nitrogens with zero attached hydrogens (tertiary/aromatic N) is 1. The molecule has 3 rings (SSSR count). The van der Waals surface area contributed by atoms with E-state index >= 15 is 0 Å². The molecule has 0 atom stereocenters. The zero-order valence-electron chi connectivity index (χ0n) is 11.9. The number of H-pyrrole nitrogens is 1. The molecule has 108 valence electrons. The predicted octanol–water partition coefficient (Wildman–Crippen LogP) is 3.31. The number of imidazole rings is 1.